The summed E-state index contributed by atoms with van der Waals surface area (Å²) >= 11 is 0. The van der Waals surface area contributed by atoms with Crippen LogP contribution in [0.15, 0.2) is 39.6 Å². The lowest BCUT2D eigenvalue weighted by Gasteiger charge is -2.30. The molecule has 1 aliphatic rings. The molecule has 0 bridgehead atoms. The normalized spacial score (nSPS) is 15.5. The molecule has 2 aromatic rings. The highest BCUT2D eigenvalue weighted by Gasteiger charge is 2.31. The van der Waals surface area contributed by atoms with Crippen LogP contribution in [-0.2, 0) is 11.8 Å². The van der Waals surface area contributed by atoms with E-state index in [1.807, 2.05) is 30.3 Å². The van der Waals surface area contributed by atoms with Crippen molar-refractivity contribution < 1.29 is 14.1 Å². The molecule has 0 spiro atoms. The largest absolute Gasteiger partial charge is 0.370 e. The minimum atomic E-state index is -0.654. The molecule has 1 aromatic heterocycles. The molecular weight excluding hydrogens is 310 g/mol. The van der Waals surface area contributed by atoms with Gasteiger partial charge in [-0.05, 0) is 12.8 Å². The van der Waals surface area contributed by atoms with Crippen molar-refractivity contribution in [3.05, 3.63) is 46.3 Å². The van der Waals surface area contributed by atoms with Crippen molar-refractivity contribution in [3.63, 3.8) is 0 Å². The van der Waals surface area contributed by atoms with Gasteiger partial charge in [-0.25, -0.2) is 9.53 Å². The van der Waals surface area contributed by atoms with Crippen LogP contribution in [0.5, 0.6) is 0 Å². The van der Waals surface area contributed by atoms with E-state index in [-0.39, 0.29) is 23.3 Å². The summed E-state index contributed by atoms with van der Waals surface area (Å²) in [6, 6.07) is 9.16. The predicted octanol–water partition coefficient (Wildman–Crippen LogP) is 0.983. The second-order valence-electron chi connectivity index (χ2n) is 5.93. The topological polar surface area (TPSA) is 98.5 Å². The molecule has 0 radical (unpaired) electrons. The molecule has 2 heterocycles. The van der Waals surface area contributed by atoms with Gasteiger partial charge in [0.2, 0.25) is 5.91 Å². The number of hydrogen-bond acceptors (Lipinski definition) is 4. The summed E-state index contributed by atoms with van der Waals surface area (Å²) in [5.41, 5.74) is 5.89. The van der Waals surface area contributed by atoms with Gasteiger partial charge in [0.25, 0.3) is 5.91 Å². The Morgan fingerprint density at radius 2 is 1.79 bits per heavy atom. The smallest absolute Gasteiger partial charge is 0.369 e. The highest BCUT2D eigenvalue weighted by atomic mass is 16.5. The van der Waals surface area contributed by atoms with Crippen LogP contribution in [0, 0.1) is 5.92 Å². The van der Waals surface area contributed by atoms with Gasteiger partial charge >= 0.3 is 5.63 Å². The van der Waals surface area contributed by atoms with Crippen molar-refractivity contribution in [2.75, 3.05) is 13.1 Å². The van der Waals surface area contributed by atoms with Crippen LogP contribution in [0.25, 0.3) is 11.3 Å². The van der Waals surface area contributed by atoms with Gasteiger partial charge < -0.3 is 15.2 Å². The lowest BCUT2D eigenvalue weighted by atomic mass is 9.95. The van der Waals surface area contributed by atoms with Crippen molar-refractivity contribution >= 4 is 11.8 Å². The number of benzene rings is 1. The van der Waals surface area contributed by atoms with Gasteiger partial charge in [0, 0.05) is 31.6 Å². The molecule has 1 aromatic carbocycles. The van der Waals surface area contributed by atoms with E-state index < -0.39 is 5.63 Å². The first kappa shape index (κ1) is 16.0. The number of amides is 2. The number of nitrogens with two attached hydrogens (primary N) is 1. The second-order valence-corrected chi connectivity index (χ2v) is 5.93. The molecular formula is C17H19N3O4. The minimum absolute atomic E-state index is 0.0289. The monoisotopic (exact) mass is 329 g/mol. The Bertz CT molecular complexity index is 814. The zero-order valence-corrected chi connectivity index (χ0v) is 13.4. The average molecular weight is 329 g/mol. The molecule has 0 unspecified atom stereocenters. The Morgan fingerprint density at radius 3 is 2.38 bits per heavy atom. The summed E-state index contributed by atoms with van der Waals surface area (Å²) in [5.74, 6) is -0.924. The van der Waals surface area contributed by atoms with E-state index in [2.05, 4.69) is 0 Å². The number of hydrogen-bond donors (Lipinski definition) is 1. The van der Waals surface area contributed by atoms with Gasteiger partial charge in [0.05, 0.1) is 0 Å². The Labute approximate surface area is 138 Å². The Hall–Kier alpha value is -2.83. The molecule has 2 amide bonds. The average Bonchev–Trinajstić information content (AvgIpc) is 2.89. The fourth-order valence-corrected chi connectivity index (χ4v) is 3.11. The number of likely N-dealkylation sites (tertiary alicyclic amines) is 1. The maximum atomic E-state index is 12.8. The number of nitrogens with zero attached hydrogens (tertiary/aromatic N) is 2. The minimum Gasteiger partial charge on any atom is -0.369 e. The summed E-state index contributed by atoms with van der Waals surface area (Å²) in [6.45, 7) is 0.796. The van der Waals surface area contributed by atoms with Gasteiger partial charge in [-0.1, -0.05) is 30.3 Å². The van der Waals surface area contributed by atoms with E-state index >= 15 is 0 Å². The van der Waals surface area contributed by atoms with Crippen molar-refractivity contribution in [2.45, 2.75) is 12.8 Å². The summed E-state index contributed by atoms with van der Waals surface area (Å²) in [4.78, 5) is 37.9. The first-order valence-electron chi connectivity index (χ1n) is 7.83. The third-order valence-electron chi connectivity index (χ3n) is 4.42. The molecule has 126 valence electrons. The van der Waals surface area contributed by atoms with E-state index in [4.69, 9.17) is 10.3 Å². The summed E-state index contributed by atoms with van der Waals surface area (Å²) < 4.78 is 6.43. The molecule has 3 rings (SSSR count). The summed E-state index contributed by atoms with van der Waals surface area (Å²) in [6.07, 6.45) is 1.03. The molecule has 2 N–H and O–H groups in total. The third-order valence-corrected chi connectivity index (χ3v) is 4.42. The molecule has 0 atom stereocenters. The number of aromatic nitrogens is 1. The third kappa shape index (κ3) is 2.84. The molecule has 7 nitrogen and oxygen atoms in total. The van der Waals surface area contributed by atoms with E-state index in [0.717, 1.165) is 5.56 Å². The van der Waals surface area contributed by atoms with Crippen molar-refractivity contribution in [1.82, 2.24) is 9.64 Å². The quantitative estimate of drug-likeness (QED) is 0.907. The Balaban J connectivity index is 1.92. The van der Waals surface area contributed by atoms with Crippen LogP contribution in [0.2, 0.25) is 0 Å². The molecule has 1 aliphatic heterocycles. The van der Waals surface area contributed by atoms with Crippen LogP contribution < -0.4 is 11.4 Å². The summed E-state index contributed by atoms with van der Waals surface area (Å²) in [5, 5.41) is 0. The van der Waals surface area contributed by atoms with Crippen LogP contribution in [0.3, 0.4) is 0 Å². The summed E-state index contributed by atoms with van der Waals surface area (Å²) in [7, 11) is 1.60. The van der Waals surface area contributed by atoms with Gasteiger partial charge in [-0.2, -0.15) is 0 Å². The maximum Gasteiger partial charge on any atom is 0.370 e. The highest BCUT2D eigenvalue weighted by Crippen LogP contribution is 2.25. The lowest BCUT2D eigenvalue weighted by molar-refractivity contribution is -0.123. The van der Waals surface area contributed by atoms with Gasteiger partial charge in [0.1, 0.15) is 5.69 Å². The van der Waals surface area contributed by atoms with Crippen LogP contribution >= 0.6 is 0 Å². The molecule has 0 aliphatic carbocycles. The standard InChI is InChI=1S/C17H19N3O4/c1-19-14(11-5-3-2-4-6-11)13(17(23)24-19)16(22)20-9-7-12(8-10-20)15(18)21/h2-6,12H,7-10H2,1H3,(H2,18,21). The Morgan fingerprint density at radius 1 is 1.17 bits per heavy atom. The van der Waals surface area contributed by atoms with E-state index in [1.165, 1.54) is 4.74 Å². The van der Waals surface area contributed by atoms with Gasteiger partial charge in [-0.15, -0.1) is 0 Å². The zero-order chi connectivity index (χ0) is 17.3. The number of primary amides is 1. The predicted molar refractivity (Wildman–Crippen MR) is 87.2 cm³/mol. The van der Waals surface area contributed by atoms with E-state index in [0.29, 0.717) is 31.6 Å². The van der Waals surface area contributed by atoms with E-state index in [1.54, 1.807) is 11.9 Å². The Kier molecular flexibility index (Phi) is 4.24. The van der Waals surface area contributed by atoms with Gasteiger partial charge in [-0.3, -0.25) is 9.59 Å². The zero-order valence-electron chi connectivity index (χ0n) is 13.4. The van der Waals surface area contributed by atoms with Crippen LogP contribution in [0.1, 0.15) is 23.2 Å². The SMILES string of the molecule is Cn1oc(=O)c(C(=O)N2CCC(C(N)=O)CC2)c1-c1ccccc1. The number of carbonyl (C=O) groups excluding carboxylic acids is 2. The number of rotatable bonds is 3. The van der Waals surface area contributed by atoms with Crippen molar-refractivity contribution in [1.29, 1.82) is 0 Å². The first-order valence-corrected chi connectivity index (χ1v) is 7.83. The first-order chi connectivity index (χ1) is 11.5. The molecule has 24 heavy (non-hydrogen) atoms. The lowest BCUT2D eigenvalue weighted by Crippen LogP contribution is -2.42. The fourth-order valence-electron chi connectivity index (χ4n) is 3.11. The van der Waals surface area contributed by atoms with E-state index in [9.17, 15) is 14.4 Å². The molecule has 0 saturated carbocycles. The highest BCUT2D eigenvalue weighted by molar-refractivity contribution is 5.99. The number of carbonyl (C=O) groups is 2. The number of piperidine rings is 1. The maximum absolute atomic E-state index is 12.8. The van der Waals surface area contributed by atoms with Crippen LogP contribution in [0.4, 0.5) is 0 Å². The fraction of sp³-hybridized carbons (Fsp3) is 0.353. The van der Waals surface area contributed by atoms with Gasteiger partial charge in [0.15, 0.2) is 5.56 Å². The molecule has 1 fully saturated rings. The van der Waals surface area contributed by atoms with Crippen molar-refractivity contribution in [2.24, 2.45) is 18.7 Å². The molecule has 7 heteroatoms. The number of aryl methyl sites for hydroxylation is 1. The second kappa shape index (κ2) is 6.35. The van der Waals surface area contributed by atoms with Crippen LogP contribution in [-0.4, -0.2) is 34.5 Å². The molecule has 1 saturated heterocycles. The van der Waals surface area contributed by atoms with Crippen molar-refractivity contribution in [3.8, 4) is 11.3 Å².